The van der Waals surface area contributed by atoms with E-state index < -0.39 is 0 Å². The monoisotopic (exact) mass is 252 g/mol. The molecule has 0 amide bonds. The van der Waals surface area contributed by atoms with Crippen LogP contribution in [0.5, 0.6) is 11.5 Å². The Morgan fingerprint density at radius 1 is 1.28 bits per heavy atom. The Bertz CT molecular complexity index is 369. The van der Waals surface area contributed by atoms with Crippen LogP contribution in [0.2, 0.25) is 0 Å². The SMILES string of the molecule is CNC(CC(C)CN)c1cc(OC)ccc1OC. The van der Waals surface area contributed by atoms with Gasteiger partial charge in [0.25, 0.3) is 0 Å². The van der Waals surface area contributed by atoms with E-state index in [1.54, 1.807) is 14.2 Å². The number of benzene rings is 1. The second-order valence-corrected chi connectivity index (χ2v) is 4.53. The molecule has 0 spiro atoms. The topological polar surface area (TPSA) is 56.5 Å². The minimum absolute atomic E-state index is 0.216. The van der Waals surface area contributed by atoms with Crippen molar-refractivity contribution < 1.29 is 9.47 Å². The fourth-order valence-corrected chi connectivity index (χ4v) is 2.01. The first-order chi connectivity index (χ1) is 8.65. The highest BCUT2D eigenvalue weighted by atomic mass is 16.5. The van der Waals surface area contributed by atoms with Crippen molar-refractivity contribution in [2.24, 2.45) is 11.7 Å². The summed E-state index contributed by atoms with van der Waals surface area (Å²) in [6, 6.07) is 6.07. The molecule has 0 saturated carbocycles. The fourth-order valence-electron chi connectivity index (χ4n) is 2.01. The van der Waals surface area contributed by atoms with Gasteiger partial charge in [0.1, 0.15) is 11.5 Å². The normalized spacial score (nSPS) is 14.1. The lowest BCUT2D eigenvalue weighted by molar-refractivity contribution is 0.378. The third kappa shape index (κ3) is 3.62. The zero-order chi connectivity index (χ0) is 13.5. The van der Waals surface area contributed by atoms with Crippen LogP contribution in [-0.2, 0) is 0 Å². The summed E-state index contributed by atoms with van der Waals surface area (Å²) in [5.74, 6) is 2.17. The number of methoxy groups -OCH3 is 2. The first-order valence-electron chi connectivity index (χ1n) is 6.25. The standard InChI is InChI=1S/C14H24N2O2/c1-10(9-15)7-13(16-2)12-8-11(17-3)5-6-14(12)18-4/h5-6,8,10,13,16H,7,9,15H2,1-4H3. The number of nitrogens with two attached hydrogens (primary N) is 1. The predicted octanol–water partition coefficient (Wildman–Crippen LogP) is 1.95. The minimum atomic E-state index is 0.216. The summed E-state index contributed by atoms with van der Waals surface area (Å²) < 4.78 is 10.7. The average Bonchev–Trinajstić information content (AvgIpc) is 2.43. The molecule has 0 aliphatic rings. The molecule has 1 rings (SSSR count). The molecule has 2 unspecified atom stereocenters. The number of hydrogen-bond donors (Lipinski definition) is 2. The lowest BCUT2D eigenvalue weighted by atomic mass is 9.95. The summed E-state index contributed by atoms with van der Waals surface area (Å²) >= 11 is 0. The highest BCUT2D eigenvalue weighted by Gasteiger charge is 2.17. The Kier molecular flexibility index (Phi) is 5.95. The third-order valence-electron chi connectivity index (χ3n) is 3.20. The summed E-state index contributed by atoms with van der Waals surface area (Å²) in [5, 5.41) is 3.32. The van der Waals surface area contributed by atoms with Gasteiger partial charge in [0.15, 0.2) is 0 Å². The van der Waals surface area contributed by atoms with Gasteiger partial charge in [0, 0.05) is 11.6 Å². The van der Waals surface area contributed by atoms with E-state index in [4.69, 9.17) is 15.2 Å². The highest BCUT2D eigenvalue weighted by Crippen LogP contribution is 2.32. The van der Waals surface area contributed by atoms with Gasteiger partial charge in [-0.2, -0.15) is 0 Å². The number of ether oxygens (including phenoxy) is 2. The van der Waals surface area contributed by atoms with Gasteiger partial charge < -0.3 is 20.5 Å². The van der Waals surface area contributed by atoms with Crippen LogP contribution in [0.1, 0.15) is 24.9 Å². The van der Waals surface area contributed by atoms with Crippen molar-refractivity contribution in [1.29, 1.82) is 0 Å². The van der Waals surface area contributed by atoms with E-state index >= 15 is 0 Å². The molecule has 0 aliphatic carbocycles. The molecular weight excluding hydrogens is 228 g/mol. The van der Waals surface area contributed by atoms with Gasteiger partial charge in [0.2, 0.25) is 0 Å². The second-order valence-electron chi connectivity index (χ2n) is 4.53. The molecule has 1 aromatic carbocycles. The molecule has 0 aromatic heterocycles. The summed E-state index contributed by atoms with van der Waals surface area (Å²) in [6.45, 7) is 2.83. The van der Waals surface area contributed by atoms with Crippen molar-refractivity contribution in [3.63, 3.8) is 0 Å². The van der Waals surface area contributed by atoms with Gasteiger partial charge in [-0.15, -0.1) is 0 Å². The van der Waals surface area contributed by atoms with Crippen molar-refractivity contribution in [3.05, 3.63) is 23.8 Å². The van der Waals surface area contributed by atoms with E-state index in [0.29, 0.717) is 12.5 Å². The van der Waals surface area contributed by atoms with Crippen LogP contribution in [-0.4, -0.2) is 27.8 Å². The zero-order valence-corrected chi connectivity index (χ0v) is 11.7. The lowest BCUT2D eigenvalue weighted by Crippen LogP contribution is -2.23. The van der Waals surface area contributed by atoms with Crippen molar-refractivity contribution >= 4 is 0 Å². The summed E-state index contributed by atoms with van der Waals surface area (Å²) in [4.78, 5) is 0. The van der Waals surface area contributed by atoms with E-state index in [1.807, 2.05) is 25.2 Å². The largest absolute Gasteiger partial charge is 0.497 e. The molecule has 0 fully saturated rings. The van der Waals surface area contributed by atoms with Gasteiger partial charge in [-0.3, -0.25) is 0 Å². The van der Waals surface area contributed by atoms with Crippen LogP contribution < -0.4 is 20.5 Å². The van der Waals surface area contributed by atoms with Crippen LogP contribution >= 0.6 is 0 Å². The van der Waals surface area contributed by atoms with Gasteiger partial charge in [-0.05, 0) is 44.1 Å². The molecule has 2 atom stereocenters. The molecule has 102 valence electrons. The zero-order valence-electron chi connectivity index (χ0n) is 11.7. The fraction of sp³-hybridized carbons (Fsp3) is 0.571. The first-order valence-corrected chi connectivity index (χ1v) is 6.25. The highest BCUT2D eigenvalue weighted by molar-refractivity contribution is 5.42. The maximum absolute atomic E-state index is 5.70. The molecular formula is C14H24N2O2. The molecule has 3 N–H and O–H groups in total. The van der Waals surface area contributed by atoms with Crippen LogP contribution in [0, 0.1) is 5.92 Å². The lowest BCUT2D eigenvalue weighted by Gasteiger charge is -2.22. The molecule has 0 bridgehead atoms. The van der Waals surface area contributed by atoms with Crippen molar-refractivity contribution in [2.45, 2.75) is 19.4 Å². The minimum Gasteiger partial charge on any atom is -0.497 e. The Morgan fingerprint density at radius 3 is 2.50 bits per heavy atom. The summed E-state index contributed by atoms with van der Waals surface area (Å²) in [5.41, 5.74) is 6.81. The number of nitrogens with one attached hydrogen (secondary N) is 1. The third-order valence-corrected chi connectivity index (χ3v) is 3.20. The van der Waals surface area contributed by atoms with Gasteiger partial charge in [0.05, 0.1) is 14.2 Å². The second kappa shape index (κ2) is 7.24. The molecule has 18 heavy (non-hydrogen) atoms. The van der Waals surface area contributed by atoms with Crippen LogP contribution in [0.15, 0.2) is 18.2 Å². The predicted molar refractivity (Wildman–Crippen MR) is 74.2 cm³/mol. The van der Waals surface area contributed by atoms with Gasteiger partial charge in [-0.25, -0.2) is 0 Å². The summed E-state index contributed by atoms with van der Waals surface area (Å²) in [7, 11) is 5.31. The maximum atomic E-state index is 5.70. The molecule has 0 aliphatic heterocycles. The van der Waals surface area contributed by atoms with E-state index in [2.05, 4.69) is 12.2 Å². The molecule has 1 aromatic rings. The van der Waals surface area contributed by atoms with Gasteiger partial charge in [-0.1, -0.05) is 6.92 Å². The quantitative estimate of drug-likeness (QED) is 0.779. The van der Waals surface area contributed by atoms with Crippen LogP contribution in [0.25, 0.3) is 0 Å². The van der Waals surface area contributed by atoms with Crippen LogP contribution in [0.3, 0.4) is 0 Å². The Balaban J connectivity index is 3.01. The van der Waals surface area contributed by atoms with Gasteiger partial charge >= 0.3 is 0 Å². The van der Waals surface area contributed by atoms with E-state index in [9.17, 15) is 0 Å². The van der Waals surface area contributed by atoms with E-state index in [1.165, 1.54) is 0 Å². The van der Waals surface area contributed by atoms with Crippen molar-refractivity contribution in [3.8, 4) is 11.5 Å². The van der Waals surface area contributed by atoms with E-state index in [0.717, 1.165) is 23.5 Å². The maximum Gasteiger partial charge on any atom is 0.123 e. The van der Waals surface area contributed by atoms with Crippen molar-refractivity contribution in [2.75, 3.05) is 27.8 Å². The Hall–Kier alpha value is -1.26. The smallest absolute Gasteiger partial charge is 0.123 e. The number of hydrogen-bond acceptors (Lipinski definition) is 4. The molecule has 0 heterocycles. The summed E-state index contributed by atoms with van der Waals surface area (Å²) in [6.07, 6.45) is 0.969. The molecule has 4 heteroatoms. The van der Waals surface area contributed by atoms with E-state index in [-0.39, 0.29) is 6.04 Å². The molecule has 0 radical (unpaired) electrons. The molecule has 0 saturated heterocycles. The molecule has 4 nitrogen and oxygen atoms in total. The first kappa shape index (κ1) is 14.8. The van der Waals surface area contributed by atoms with Crippen LogP contribution in [0.4, 0.5) is 0 Å². The van der Waals surface area contributed by atoms with Crippen molar-refractivity contribution in [1.82, 2.24) is 5.32 Å². The Labute approximate surface area is 109 Å². The average molecular weight is 252 g/mol. The Morgan fingerprint density at radius 2 is 2.00 bits per heavy atom. The number of rotatable bonds is 7.